The third-order valence-electron chi connectivity index (χ3n) is 6.44. The Morgan fingerprint density at radius 2 is 1.73 bits per heavy atom. The number of nitrogens with zero attached hydrogens (tertiary/aromatic N) is 4. The van der Waals surface area contributed by atoms with Gasteiger partial charge in [-0.2, -0.15) is 17.5 Å². The Hall–Kier alpha value is -3.28. The number of hydrogen-bond donors (Lipinski definition) is 0. The van der Waals surface area contributed by atoms with Gasteiger partial charge in [-0.3, -0.25) is 4.79 Å². The van der Waals surface area contributed by atoms with E-state index in [-0.39, 0.29) is 34.6 Å². The van der Waals surface area contributed by atoms with E-state index in [0.717, 1.165) is 12.1 Å². The number of imidazole rings is 1. The Kier molecular flexibility index (Phi) is 6.55. The summed E-state index contributed by atoms with van der Waals surface area (Å²) in [4.78, 5) is 20.1. The van der Waals surface area contributed by atoms with Crippen molar-refractivity contribution >= 4 is 39.1 Å². The molecule has 0 aliphatic carbocycles. The second-order valence-electron chi connectivity index (χ2n) is 8.66. The Balaban J connectivity index is 1.44. The fraction of sp³-hybridized carbons (Fsp3) is 0.240. The van der Waals surface area contributed by atoms with Crippen LogP contribution in [0.15, 0.2) is 65.7 Å². The van der Waals surface area contributed by atoms with Crippen LogP contribution in [-0.2, 0) is 16.2 Å². The first-order valence-electron chi connectivity index (χ1n) is 11.3. The van der Waals surface area contributed by atoms with Crippen molar-refractivity contribution in [1.82, 2.24) is 18.8 Å². The van der Waals surface area contributed by atoms with E-state index in [1.165, 1.54) is 34.6 Å². The van der Waals surface area contributed by atoms with Gasteiger partial charge in [-0.15, -0.1) is 0 Å². The molecule has 1 saturated heterocycles. The maximum absolute atomic E-state index is 13.2. The Labute approximate surface area is 215 Å². The number of hydrogen-bond acceptors (Lipinski definition) is 5. The molecule has 2 aromatic heterocycles. The SMILES string of the molecule is O=Cc1ccc(S(=O)(=O)N2CCC(n3c(-c4ccc(C(F)(F)F)cc4)nc4cccnc43)CC2)cc1Cl. The molecule has 2 aromatic carbocycles. The molecular weight excluding hydrogens is 529 g/mol. The van der Waals surface area contributed by atoms with E-state index in [1.54, 1.807) is 18.3 Å². The van der Waals surface area contributed by atoms with Gasteiger partial charge in [0.05, 0.1) is 15.5 Å². The molecule has 0 amide bonds. The largest absolute Gasteiger partial charge is 0.416 e. The molecule has 37 heavy (non-hydrogen) atoms. The second-order valence-corrected chi connectivity index (χ2v) is 11.0. The second kappa shape index (κ2) is 9.55. The lowest BCUT2D eigenvalue weighted by molar-refractivity contribution is -0.137. The van der Waals surface area contributed by atoms with Crippen molar-refractivity contribution in [2.45, 2.75) is 30.0 Å². The monoisotopic (exact) mass is 548 g/mol. The summed E-state index contributed by atoms with van der Waals surface area (Å²) in [5.74, 6) is 0.472. The molecule has 12 heteroatoms. The van der Waals surface area contributed by atoms with Crippen LogP contribution >= 0.6 is 11.6 Å². The number of halogens is 4. The lowest BCUT2D eigenvalue weighted by Gasteiger charge is -2.32. The topological polar surface area (TPSA) is 85.2 Å². The van der Waals surface area contributed by atoms with Crippen molar-refractivity contribution in [3.63, 3.8) is 0 Å². The molecule has 0 radical (unpaired) electrons. The number of benzene rings is 2. The molecule has 0 unspecified atom stereocenters. The van der Waals surface area contributed by atoms with Gasteiger partial charge in [0.15, 0.2) is 11.9 Å². The maximum atomic E-state index is 13.2. The number of carbonyl (C=O) groups is 1. The zero-order valence-corrected chi connectivity index (χ0v) is 20.8. The quantitative estimate of drug-likeness (QED) is 0.303. The van der Waals surface area contributed by atoms with Gasteiger partial charge in [0, 0.05) is 36.5 Å². The summed E-state index contributed by atoms with van der Waals surface area (Å²) in [6.07, 6.45) is -1.40. The molecule has 0 atom stereocenters. The summed E-state index contributed by atoms with van der Waals surface area (Å²) >= 11 is 6.04. The van der Waals surface area contributed by atoms with Gasteiger partial charge in [-0.05, 0) is 55.3 Å². The zero-order valence-electron chi connectivity index (χ0n) is 19.2. The highest BCUT2D eigenvalue weighted by atomic mass is 35.5. The van der Waals surface area contributed by atoms with Crippen LogP contribution in [0.4, 0.5) is 13.2 Å². The van der Waals surface area contributed by atoms with Crippen molar-refractivity contribution in [2.75, 3.05) is 13.1 Å². The number of sulfonamides is 1. The smallest absolute Gasteiger partial charge is 0.305 e. The molecule has 1 aliphatic rings. The van der Waals surface area contributed by atoms with Crippen molar-refractivity contribution in [2.24, 2.45) is 0 Å². The van der Waals surface area contributed by atoms with E-state index >= 15 is 0 Å². The predicted molar refractivity (Wildman–Crippen MR) is 132 cm³/mol. The molecule has 1 aliphatic heterocycles. The Morgan fingerprint density at radius 1 is 1.03 bits per heavy atom. The molecule has 4 aromatic rings. The van der Waals surface area contributed by atoms with E-state index in [4.69, 9.17) is 11.6 Å². The minimum Gasteiger partial charge on any atom is -0.305 e. The lowest BCUT2D eigenvalue weighted by atomic mass is 10.1. The van der Waals surface area contributed by atoms with Crippen molar-refractivity contribution in [3.8, 4) is 11.4 Å². The third-order valence-corrected chi connectivity index (χ3v) is 8.67. The number of aromatic nitrogens is 3. The van der Waals surface area contributed by atoms with Gasteiger partial charge in [-0.25, -0.2) is 18.4 Å². The first-order chi connectivity index (χ1) is 17.6. The van der Waals surface area contributed by atoms with Crippen LogP contribution in [0, 0.1) is 0 Å². The molecule has 0 bridgehead atoms. The van der Waals surface area contributed by atoms with Crippen molar-refractivity contribution in [1.29, 1.82) is 0 Å². The number of pyridine rings is 1. The predicted octanol–water partition coefficient (Wildman–Crippen LogP) is 5.61. The van der Waals surface area contributed by atoms with Gasteiger partial charge < -0.3 is 4.57 Å². The van der Waals surface area contributed by atoms with Crippen LogP contribution in [0.25, 0.3) is 22.6 Å². The molecule has 0 saturated carbocycles. The minimum atomic E-state index is -4.45. The van der Waals surface area contributed by atoms with Crippen LogP contribution in [0.1, 0.15) is 34.8 Å². The minimum absolute atomic E-state index is 0.00161. The maximum Gasteiger partial charge on any atom is 0.416 e. The number of piperidine rings is 1. The molecule has 0 spiro atoms. The van der Waals surface area contributed by atoms with Gasteiger partial charge in [0.25, 0.3) is 0 Å². The molecule has 5 rings (SSSR count). The molecule has 1 fully saturated rings. The molecule has 3 heterocycles. The molecule has 7 nitrogen and oxygen atoms in total. The average Bonchev–Trinajstić information content (AvgIpc) is 3.28. The van der Waals surface area contributed by atoms with E-state index < -0.39 is 21.8 Å². The normalized spacial score (nSPS) is 15.8. The van der Waals surface area contributed by atoms with Crippen LogP contribution < -0.4 is 0 Å². The molecular formula is C25H20ClF3N4O3S. The highest BCUT2D eigenvalue weighted by molar-refractivity contribution is 7.89. The Bertz CT molecular complexity index is 1580. The standard InChI is InChI=1S/C25H20ClF3N4O3S/c26-21-14-20(8-5-17(21)15-34)37(35,36)32-12-9-19(10-13-32)33-23(31-22-2-1-11-30-24(22)33)16-3-6-18(7-4-16)25(27,28)29/h1-8,11,14-15,19H,9-10,12-13H2. The van der Waals surface area contributed by atoms with Gasteiger partial charge in [0.2, 0.25) is 10.0 Å². The fourth-order valence-corrected chi connectivity index (χ4v) is 6.33. The third kappa shape index (κ3) is 4.74. The number of rotatable bonds is 5. The fourth-order valence-electron chi connectivity index (χ4n) is 4.54. The molecule has 0 N–H and O–H groups in total. The number of alkyl halides is 3. The summed E-state index contributed by atoms with van der Waals surface area (Å²) < 4.78 is 68.9. The van der Waals surface area contributed by atoms with Gasteiger partial charge >= 0.3 is 6.18 Å². The van der Waals surface area contributed by atoms with E-state index in [0.29, 0.717) is 41.7 Å². The van der Waals surface area contributed by atoms with Gasteiger partial charge in [-0.1, -0.05) is 23.7 Å². The van der Waals surface area contributed by atoms with Crippen molar-refractivity contribution < 1.29 is 26.4 Å². The van der Waals surface area contributed by atoms with E-state index in [1.807, 2.05) is 4.57 Å². The average molecular weight is 549 g/mol. The van der Waals surface area contributed by atoms with Gasteiger partial charge in [0.1, 0.15) is 11.3 Å². The first-order valence-corrected chi connectivity index (χ1v) is 13.2. The number of aldehydes is 1. The van der Waals surface area contributed by atoms with E-state index in [9.17, 15) is 26.4 Å². The number of carbonyl (C=O) groups excluding carboxylic acids is 1. The van der Waals surface area contributed by atoms with Crippen LogP contribution in [-0.4, -0.2) is 46.6 Å². The zero-order chi connectivity index (χ0) is 26.4. The lowest BCUT2D eigenvalue weighted by Crippen LogP contribution is -2.39. The number of fused-ring (bicyclic) bond motifs is 1. The van der Waals surface area contributed by atoms with Crippen LogP contribution in [0.2, 0.25) is 5.02 Å². The van der Waals surface area contributed by atoms with Crippen LogP contribution in [0.3, 0.4) is 0 Å². The van der Waals surface area contributed by atoms with E-state index in [2.05, 4.69) is 9.97 Å². The van der Waals surface area contributed by atoms with Crippen molar-refractivity contribution in [3.05, 3.63) is 76.9 Å². The highest BCUT2D eigenvalue weighted by Gasteiger charge is 2.33. The summed E-state index contributed by atoms with van der Waals surface area (Å²) in [7, 11) is -3.84. The Morgan fingerprint density at radius 3 is 2.35 bits per heavy atom. The van der Waals surface area contributed by atoms with Crippen LogP contribution in [0.5, 0.6) is 0 Å². The summed E-state index contributed by atoms with van der Waals surface area (Å²) in [6.45, 7) is 0.415. The summed E-state index contributed by atoms with van der Waals surface area (Å²) in [5.41, 5.74) is 1.13. The first kappa shape index (κ1) is 25.4. The highest BCUT2D eigenvalue weighted by Crippen LogP contribution is 2.36. The summed E-state index contributed by atoms with van der Waals surface area (Å²) in [6, 6.07) is 12.1. The summed E-state index contributed by atoms with van der Waals surface area (Å²) in [5, 5.41) is 0.0584. The molecule has 192 valence electrons.